The highest BCUT2D eigenvalue weighted by atomic mass is 16.5. The Kier molecular flexibility index (Phi) is 5.17. The van der Waals surface area contributed by atoms with Crippen LogP contribution in [0.2, 0.25) is 0 Å². The number of ether oxygens (including phenoxy) is 2. The summed E-state index contributed by atoms with van der Waals surface area (Å²) in [6.45, 7) is 1.68. The van der Waals surface area contributed by atoms with Gasteiger partial charge in [-0.1, -0.05) is 13.0 Å². The molecule has 6 heteroatoms. The second-order valence-corrected chi connectivity index (χ2v) is 3.81. The molecule has 0 aromatic heterocycles. The van der Waals surface area contributed by atoms with Crippen LogP contribution in [0.15, 0.2) is 18.2 Å². The number of carboxylic acids is 1. The minimum atomic E-state index is -1.08. The summed E-state index contributed by atoms with van der Waals surface area (Å²) in [7, 11) is 2.86. The van der Waals surface area contributed by atoms with Crippen molar-refractivity contribution in [1.82, 2.24) is 5.32 Å². The number of hydrogen-bond donors (Lipinski definition) is 2. The smallest absolute Gasteiger partial charge is 0.326 e. The summed E-state index contributed by atoms with van der Waals surface area (Å²) in [6.07, 6.45) is 0.290. The molecule has 1 unspecified atom stereocenters. The lowest BCUT2D eigenvalue weighted by atomic mass is 10.1. The van der Waals surface area contributed by atoms with E-state index in [1.54, 1.807) is 25.1 Å². The van der Waals surface area contributed by atoms with Crippen LogP contribution >= 0.6 is 0 Å². The number of amides is 1. The summed E-state index contributed by atoms with van der Waals surface area (Å²) in [5.74, 6) is -0.956. The largest absolute Gasteiger partial charge is 0.496 e. The first-order valence-electron chi connectivity index (χ1n) is 5.79. The van der Waals surface area contributed by atoms with Gasteiger partial charge in [-0.05, 0) is 18.6 Å². The molecular formula is C13H17NO5. The van der Waals surface area contributed by atoms with E-state index in [1.807, 2.05) is 0 Å². The van der Waals surface area contributed by atoms with Crippen LogP contribution in [0, 0.1) is 0 Å². The molecule has 1 aromatic carbocycles. The third-order valence-electron chi connectivity index (χ3n) is 2.67. The number of carbonyl (C=O) groups is 2. The van der Waals surface area contributed by atoms with Crippen LogP contribution in [0.5, 0.6) is 11.5 Å². The molecule has 0 aliphatic heterocycles. The summed E-state index contributed by atoms with van der Waals surface area (Å²) in [5, 5.41) is 11.4. The predicted octanol–water partition coefficient (Wildman–Crippen LogP) is 1.30. The van der Waals surface area contributed by atoms with E-state index in [0.717, 1.165) is 0 Å². The fraction of sp³-hybridized carbons (Fsp3) is 0.385. The van der Waals surface area contributed by atoms with Gasteiger partial charge < -0.3 is 19.9 Å². The Labute approximate surface area is 111 Å². The Morgan fingerprint density at radius 2 is 1.79 bits per heavy atom. The second-order valence-electron chi connectivity index (χ2n) is 3.81. The fourth-order valence-electron chi connectivity index (χ4n) is 1.64. The van der Waals surface area contributed by atoms with Crippen LogP contribution in [0.25, 0.3) is 0 Å². The molecule has 0 aliphatic carbocycles. The third kappa shape index (κ3) is 3.37. The van der Waals surface area contributed by atoms with E-state index in [9.17, 15) is 9.59 Å². The minimum Gasteiger partial charge on any atom is -0.496 e. The molecule has 1 amide bonds. The quantitative estimate of drug-likeness (QED) is 0.811. The number of nitrogens with one attached hydrogen (secondary N) is 1. The van der Waals surface area contributed by atoms with Crippen LogP contribution < -0.4 is 14.8 Å². The van der Waals surface area contributed by atoms with Crippen molar-refractivity contribution in [3.63, 3.8) is 0 Å². The number of carboxylic acid groups (broad SMARTS) is 1. The summed E-state index contributed by atoms with van der Waals surface area (Å²) in [5.41, 5.74) is 0.187. The van der Waals surface area contributed by atoms with Crippen molar-refractivity contribution in [2.75, 3.05) is 14.2 Å². The van der Waals surface area contributed by atoms with Crippen LogP contribution in [0.3, 0.4) is 0 Å². The average molecular weight is 267 g/mol. The standard InChI is InChI=1S/C13H17NO5/c1-4-8(13(16)17)14-12(15)11-9(18-2)6-5-7-10(11)19-3/h5-8H,4H2,1-3H3,(H,14,15)(H,16,17). The van der Waals surface area contributed by atoms with Crippen LogP contribution in [-0.2, 0) is 4.79 Å². The lowest BCUT2D eigenvalue weighted by Gasteiger charge is -2.16. The van der Waals surface area contributed by atoms with Crippen molar-refractivity contribution in [3.8, 4) is 11.5 Å². The monoisotopic (exact) mass is 267 g/mol. The first kappa shape index (κ1) is 14.8. The highest BCUT2D eigenvalue weighted by molar-refractivity contribution is 6.01. The Morgan fingerprint density at radius 3 is 2.16 bits per heavy atom. The van der Waals surface area contributed by atoms with Gasteiger partial charge in [0, 0.05) is 0 Å². The van der Waals surface area contributed by atoms with Crippen LogP contribution in [0.1, 0.15) is 23.7 Å². The highest BCUT2D eigenvalue weighted by Crippen LogP contribution is 2.28. The second kappa shape index (κ2) is 6.63. The maximum atomic E-state index is 12.1. The van der Waals surface area contributed by atoms with E-state index >= 15 is 0 Å². The zero-order chi connectivity index (χ0) is 14.4. The molecule has 2 N–H and O–H groups in total. The lowest BCUT2D eigenvalue weighted by molar-refractivity contribution is -0.139. The van der Waals surface area contributed by atoms with Crippen LogP contribution in [0.4, 0.5) is 0 Å². The van der Waals surface area contributed by atoms with Crippen molar-refractivity contribution in [2.45, 2.75) is 19.4 Å². The minimum absolute atomic E-state index is 0.187. The van der Waals surface area contributed by atoms with Gasteiger partial charge in [0.25, 0.3) is 5.91 Å². The molecule has 19 heavy (non-hydrogen) atoms. The SMILES string of the molecule is CCC(NC(=O)c1c(OC)cccc1OC)C(=O)O. The Bertz CT molecular complexity index is 450. The molecule has 1 aromatic rings. The van der Waals surface area contributed by atoms with Gasteiger partial charge in [0.15, 0.2) is 0 Å². The Morgan fingerprint density at radius 1 is 1.26 bits per heavy atom. The Balaban J connectivity index is 3.07. The van der Waals surface area contributed by atoms with Gasteiger partial charge in [0.2, 0.25) is 0 Å². The van der Waals surface area contributed by atoms with Crippen molar-refractivity contribution >= 4 is 11.9 Å². The number of benzene rings is 1. The van der Waals surface area contributed by atoms with Gasteiger partial charge in [-0.3, -0.25) is 4.79 Å². The highest BCUT2D eigenvalue weighted by Gasteiger charge is 2.23. The Hall–Kier alpha value is -2.24. The third-order valence-corrected chi connectivity index (χ3v) is 2.67. The molecule has 0 saturated carbocycles. The zero-order valence-electron chi connectivity index (χ0n) is 11.1. The summed E-state index contributed by atoms with van der Waals surface area (Å²) >= 11 is 0. The predicted molar refractivity (Wildman–Crippen MR) is 68.7 cm³/mol. The molecule has 0 aliphatic rings. The van der Waals surface area contributed by atoms with Gasteiger partial charge >= 0.3 is 5.97 Å². The summed E-state index contributed by atoms with van der Waals surface area (Å²) in [6, 6.07) is 3.96. The van der Waals surface area contributed by atoms with E-state index in [4.69, 9.17) is 14.6 Å². The number of carbonyl (C=O) groups excluding carboxylic acids is 1. The van der Waals surface area contributed by atoms with Crippen molar-refractivity contribution < 1.29 is 24.2 Å². The van der Waals surface area contributed by atoms with Gasteiger partial charge in [0.1, 0.15) is 23.1 Å². The van der Waals surface area contributed by atoms with Gasteiger partial charge in [0.05, 0.1) is 14.2 Å². The number of methoxy groups -OCH3 is 2. The van der Waals surface area contributed by atoms with E-state index in [-0.39, 0.29) is 5.56 Å². The number of hydrogen-bond acceptors (Lipinski definition) is 4. The maximum Gasteiger partial charge on any atom is 0.326 e. The van der Waals surface area contributed by atoms with E-state index in [0.29, 0.717) is 17.9 Å². The lowest BCUT2D eigenvalue weighted by Crippen LogP contribution is -2.40. The van der Waals surface area contributed by atoms with Crippen molar-refractivity contribution in [1.29, 1.82) is 0 Å². The molecule has 0 fully saturated rings. The molecule has 0 heterocycles. The zero-order valence-corrected chi connectivity index (χ0v) is 11.1. The molecule has 1 atom stereocenters. The van der Waals surface area contributed by atoms with E-state index in [1.165, 1.54) is 14.2 Å². The molecule has 0 bridgehead atoms. The van der Waals surface area contributed by atoms with Gasteiger partial charge in [-0.2, -0.15) is 0 Å². The molecule has 6 nitrogen and oxygen atoms in total. The number of rotatable bonds is 6. The first-order valence-corrected chi connectivity index (χ1v) is 5.79. The normalized spacial score (nSPS) is 11.5. The number of aliphatic carboxylic acids is 1. The average Bonchev–Trinajstić information content (AvgIpc) is 2.42. The van der Waals surface area contributed by atoms with Gasteiger partial charge in [-0.25, -0.2) is 4.79 Å². The molecule has 0 spiro atoms. The van der Waals surface area contributed by atoms with Crippen molar-refractivity contribution in [3.05, 3.63) is 23.8 Å². The topological polar surface area (TPSA) is 84.9 Å². The maximum absolute atomic E-state index is 12.1. The van der Waals surface area contributed by atoms with E-state index in [2.05, 4.69) is 5.32 Å². The molecule has 1 rings (SSSR count). The fourth-order valence-corrected chi connectivity index (χ4v) is 1.64. The van der Waals surface area contributed by atoms with Crippen LogP contribution in [-0.4, -0.2) is 37.2 Å². The molecule has 0 radical (unpaired) electrons. The summed E-state index contributed by atoms with van der Waals surface area (Å²) in [4.78, 5) is 23.1. The molecular weight excluding hydrogens is 250 g/mol. The van der Waals surface area contributed by atoms with Gasteiger partial charge in [-0.15, -0.1) is 0 Å². The molecule has 0 saturated heterocycles. The van der Waals surface area contributed by atoms with E-state index < -0.39 is 17.9 Å². The molecule has 104 valence electrons. The van der Waals surface area contributed by atoms with Crippen molar-refractivity contribution in [2.24, 2.45) is 0 Å². The first-order chi connectivity index (χ1) is 9.04. The summed E-state index contributed by atoms with van der Waals surface area (Å²) < 4.78 is 10.2.